The van der Waals surface area contributed by atoms with Crippen LogP contribution >= 0.6 is 22.9 Å². The zero-order valence-electron chi connectivity index (χ0n) is 22.5. The van der Waals surface area contributed by atoms with Crippen LogP contribution in [0.3, 0.4) is 0 Å². The van der Waals surface area contributed by atoms with E-state index in [1.165, 1.54) is 30.3 Å². The molecule has 0 saturated heterocycles. The third kappa shape index (κ3) is 7.82. The molecule has 2 heterocycles. The van der Waals surface area contributed by atoms with E-state index >= 15 is 0 Å². The van der Waals surface area contributed by atoms with Crippen molar-refractivity contribution >= 4 is 60.1 Å². The van der Waals surface area contributed by atoms with Gasteiger partial charge in [0.15, 0.2) is 9.84 Å². The van der Waals surface area contributed by atoms with Gasteiger partial charge in [0.1, 0.15) is 29.2 Å². The van der Waals surface area contributed by atoms with Crippen LogP contribution in [0, 0.1) is 18.6 Å². The van der Waals surface area contributed by atoms with E-state index in [0.29, 0.717) is 10.4 Å². The van der Waals surface area contributed by atoms with E-state index in [4.69, 9.17) is 16.3 Å². The number of nitrogens with one attached hydrogen (secondary N) is 2. The molecule has 2 aromatic heterocycles. The molecule has 0 aliphatic rings. The lowest BCUT2D eigenvalue weighted by atomic mass is 10.1. The number of hydrogen-bond acceptors (Lipinski definition) is 8. The van der Waals surface area contributed by atoms with Crippen molar-refractivity contribution in [3.63, 3.8) is 0 Å². The molecule has 0 aliphatic carbocycles. The van der Waals surface area contributed by atoms with Crippen molar-refractivity contribution in [1.29, 1.82) is 0 Å². The van der Waals surface area contributed by atoms with Crippen LogP contribution in [0.5, 0.6) is 5.75 Å². The van der Waals surface area contributed by atoms with Gasteiger partial charge in [-0.25, -0.2) is 30.6 Å². The first-order chi connectivity index (χ1) is 19.5. The fourth-order valence-corrected chi connectivity index (χ4v) is 6.33. The summed E-state index contributed by atoms with van der Waals surface area (Å²) in [7, 11) is -7.28. The number of thiophene rings is 1. The average Bonchev–Trinajstić information content (AvgIpc) is 3.23. The van der Waals surface area contributed by atoms with Crippen LogP contribution in [-0.2, 0) is 19.9 Å². The van der Waals surface area contributed by atoms with Crippen molar-refractivity contribution in [2.75, 3.05) is 22.6 Å². The van der Waals surface area contributed by atoms with Gasteiger partial charge in [0.25, 0.3) is 5.91 Å². The smallest absolute Gasteiger partial charge is 0.265 e. The summed E-state index contributed by atoms with van der Waals surface area (Å²) in [6.07, 6.45) is 2.02. The van der Waals surface area contributed by atoms with Gasteiger partial charge in [-0.3, -0.25) is 9.52 Å². The maximum absolute atomic E-state index is 14.2. The Labute approximate surface area is 250 Å². The van der Waals surface area contributed by atoms with Crippen LogP contribution < -0.4 is 14.8 Å². The highest BCUT2D eigenvalue weighted by atomic mass is 35.5. The van der Waals surface area contributed by atoms with Crippen LogP contribution in [0.25, 0.3) is 11.3 Å². The van der Waals surface area contributed by atoms with Crippen LogP contribution in [0.2, 0.25) is 5.02 Å². The Balaban J connectivity index is 1.63. The maximum atomic E-state index is 14.2. The summed E-state index contributed by atoms with van der Waals surface area (Å²) in [6, 6.07) is 10.2. The first-order valence-electron chi connectivity index (χ1n) is 12.0. The van der Waals surface area contributed by atoms with E-state index in [1.54, 1.807) is 13.8 Å². The lowest BCUT2D eigenvalue weighted by Gasteiger charge is -2.18. The molecule has 0 saturated carbocycles. The molecule has 15 heteroatoms. The number of pyridine rings is 1. The summed E-state index contributed by atoms with van der Waals surface area (Å²) in [5, 5.41) is 2.86. The minimum Gasteiger partial charge on any atom is -0.484 e. The number of hydrogen-bond donors (Lipinski definition) is 2. The van der Waals surface area contributed by atoms with Crippen LogP contribution in [0.1, 0.15) is 33.1 Å². The van der Waals surface area contributed by atoms with Gasteiger partial charge < -0.3 is 10.1 Å². The van der Waals surface area contributed by atoms with Crippen LogP contribution in [0.15, 0.2) is 59.6 Å². The Morgan fingerprint density at radius 3 is 2.33 bits per heavy atom. The minimum atomic E-state index is -3.70. The fourth-order valence-electron chi connectivity index (χ4n) is 3.96. The summed E-state index contributed by atoms with van der Waals surface area (Å²) >= 11 is 7.21. The second-order valence-corrected chi connectivity index (χ2v) is 14.8. The highest BCUT2D eigenvalue weighted by Gasteiger charge is 2.22. The minimum absolute atomic E-state index is 0.00754. The Morgan fingerprint density at radius 2 is 1.67 bits per heavy atom. The lowest BCUT2D eigenvalue weighted by Crippen LogP contribution is -2.12. The summed E-state index contributed by atoms with van der Waals surface area (Å²) in [5.41, 5.74) is 1.29. The van der Waals surface area contributed by atoms with E-state index in [2.05, 4.69) is 15.0 Å². The Kier molecular flexibility index (Phi) is 8.92. The normalized spacial score (nSPS) is 12.5. The largest absolute Gasteiger partial charge is 0.484 e. The van der Waals surface area contributed by atoms with Crippen molar-refractivity contribution in [3.8, 4) is 17.0 Å². The highest BCUT2D eigenvalue weighted by molar-refractivity contribution is 7.92. The molecule has 4 rings (SSSR count). The Morgan fingerprint density at radius 1 is 0.976 bits per heavy atom. The van der Waals surface area contributed by atoms with E-state index in [9.17, 15) is 30.4 Å². The van der Waals surface area contributed by atoms with Gasteiger partial charge in [-0.15, -0.1) is 11.3 Å². The quantitative estimate of drug-likeness (QED) is 0.219. The van der Waals surface area contributed by atoms with Gasteiger partial charge >= 0.3 is 0 Å². The molecule has 0 bridgehead atoms. The number of sulfone groups is 1. The molecular formula is C27H24ClF2N3O6S3. The van der Waals surface area contributed by atoms with Crippen molar-refractivity contribution < 1.29 is 35.1 Å². The molecule has 0 unspecified atom stereocenters. The SMILES string of the molecule is Cc1sc(C(=O)Nc2cc(Cl)cc(NS(C)(=O)=O)c2)cc1-c1ncc(F)cc1O[C@H](C)c1cc(F)cc(S(C)(=O)=O)c1. The molecule has 1 amide bonds. The van der Waals surface area contributed by atoms with Crippen LogP contribution in [0.4, 0.5) is 20.2 Å². The molecule has 0 radical (unpaired) electrons. The van der Waals surface area contributed by atoms with Gasteiger partial charge in [0.2, 0.25) is 10.0 Å². The average molecular weight is 656 g/mol. The number of nitrogens with zero attached hydrogens (tertiary/aromatic N) is 1. The second kappa shape index (κ2) is 12.0. The molecule has 0 spiro atoms. The summed E-state index contributed by atoms with van der Waals surface area (Å²) in [5.74, 6) is -2.01. The number of amides is 1. The van der Waals surface area contributed by atoms with E-state index in [-0.39, 0.29) is 43.2 Å². The molecule has 0 fully saturated rings. The first kappa shape index (κ1) is 31.3. The third-order valence-corrected chi connectivity index (χ3v) is 8.74. The number of halogens is 3. The molecule has 4 aromatic rings. The van der Waals surface area contributed by atoms with Gasteiger partial charge in [0, 0.05) is 33.5 Å². The number of carbonyl (C=O) groups is 1. The first-order valence-corrected chi connectivity index (χ1v) is 17.0. The predicted molar refractivity (Wildman–Crippen MR) is 159 cm³/mol. The van der Waals surface area contributed by atoms with Gasteiger partial charge in [-0.1, -0.05) is 11.6 Å². The highest BCUT2D eigenvalue weighted by Crippen LogP contribution is 2.38. The Hall–Kier alpha value is -3.59. The number of sulfonamides is 1. The Bertz CT molecular complexity index is 1910. The molecule has 1 atom stereocenters. The van der Waals surface area contributed by atoms with E-state index in [1.807, 2.05) is 0 Å². The third-order valence-electron chi connectivity index (χ3n) is 5.77. The standard InChI is InChI=1S/C27H24ClF2N3O6S3/c1-14(16-5-18(29)9-22(6-16)41(3,35)36)39-24-10-19(30)13-31-26(24)23-12-25(40-15(23)2)27(34)32-20-7-17(28)8-21(11-20)33-42(4,37)38/h5-14,33H,1-4H3,(H,32,34)/t14-/m1/s1. The van der Waals surface area contributed by atoms with Crippen molar-refractivity contribution in [3.05, 3.63) is 86.7 Å². The molecule has 2 N–H and O–H groups in total. The summed E-state index contributed by atoms with van der Waals surface area (Å²) < 4.78 is 83.8. The molecule has 42 heavy (non-hydrogen) atoms. The lowest BCUT2D eigenvalue weighted by molar-refractivity contribution is 0.103. The van der Waals surface area contributed by atoms with Gasteiger partial charge in [-0.05, 0) is 61.9 Å². The number of aromatic nitrogens is 1. The number of rotatable bonds is 9. The predicted octanol–water partition coefficient (Wildman–Crippen LogP) is 6.22. The number of aryl methyl sites for hydroxylation is 1. The van der Waals surface area contributed by atoms with E-state index in [0.717, 1.165) is 48.2 Å². The number of carbonyl (C=O) groups excluding carboxylic acids is 1. The zero-order valence-corrected chi connectivity index (χ0v) is 25.7. The topological polar surface area (TPSA) is 132 Å². The monoisotopic (exact) mass is 655 g/mol. The zero-order chi connectivity index (χ0) is 31.0. The van der Waals surface area contributed by atoms with Crippen molar-refractivity contribution in [2.24, 2.45) is 0 Å². The summed E-state index contributed by atoms with van der Waals surface area (Å²) in [6.45, 7) is 3.28. The van der Waals surface area contributed by atoms with Crippen molar-refractivity contribution in [1.82, 2.24) is 4.98 Å². The number of benzene rings is 2. The van der Waals surface area contributed by atoms with E-state index < -0.39 is 43.5 Å². The maximum Gasteiger partial charge on any atom is 0.265 e. The fraction of sp³-hybridized carbons (Fsp3) is 0.185. The summed E-state index contributed by atoms with van der Waals surface area (Å²) in [4.78, 5) is 17.9. The molecular weight excluding hydrogens is 632 g/mol. The number of anilines is 2. The molecule has 222 valence electrons. The van der Waals surface area contributed by atoms with Crippen LogP contribution in [-0.4, -0.2) is 40.2 Å². The molecule has 0 aliphatic heterocycles. The van der Waals surface area contributed by atoms with Gasteiger partial charge in [-0.2, -0.15) is 0 Å². The molecule has 9 nitrogen and oxygen atoms in total. The second-order valence-electron chi connectivity index (χ2n) is 9.39. The number of ether oxygens (including phenoxy) is 1. The van der Waals surface area contributed by atoms with Crippen molar-refractivity contribution in [2.45, 2.75) is 24.8 Å². The van der Waals surface area contributed by atoms with Gasteiger partial charge in [0.05, 0.1) is 27.9 Å². The molecule has 2 aromatic carbocycles.